The first-order valence-corrected chi connectivity index (χ1v) is 11.4. The van der Waals surface area contributed by atoms with Crippen molar-refractivity contribution in [3.8, 4) is 6.07 Å². The lowest BCUT2D eigenvalue weighted by Gasteiger charge is -2.32. The number of carbonyl (C=O) groups is 3. The Kier molecular flexibility index (Phi) is 7.57. The van der Waals surface area contributed by atoms with Gasteiger partial charge in [-0.1, -0.05) is 33.6 Å². The van der Waals surface area contributed by atoms with E-state index < -0.39 is 47.4 Å². The van der Waals surface area contributed by atoms with E-state index in [4.69, 9.17) is 0 Å². The van der Waals surface area contributed by atoms with Gasteiger partial charge in [-0.05, 0) is 29.7 Å². The number of hydrogen-bond donors (Lipinski definition) is 4. The predicted molar refractivity (Wildman–Crippen MR) is 120 cm³/mol. The van der Waals surface area contributed by atoms with Crippen LogP contribution in [0.1, 0.15) is 57.2 Å². The molecule has 4 N–H and O–H groups in total. The second-order valence-corrected chi connectivity index (χ2v) is 10.0. The maximum atomic E-state index is 13.2. The number of nitrogens with zero attached hydrogens (tertiary/aromatic N) is 2. The van der Waals surface area contributed by atoms with Crippen molar-refractivity contribution in [1.82, 2.24) is 20.9 Å². The van der Waals surface area contributed by atoms with Crippen LogP contribution in [0.4, 0.5) is 18.9 Å². The van der Waals surface area contributed by atoms with Crippen LogP contribution in [-0.4, -0.2) is 47.5 Å². The highest BCUT2D eigenvalue weighted by atomic mass is 19.4. The lowest BCUT2D eigenvalue weighted by atomic mass is 9.85. The van der Waals surface area contributed by atoms with Gasteiger partial charge in [-0.3, -0.25) is 19.4 Å². The molecule has 2 aliphatic rings. The molecule has 12 heteroatoms. The standard InChI is InChI=1S/C23H29F3N6O3/c1-22(2,3)18(32-21(35)23(24,25)26)20(34)30-15(8-12-4-5-12)19(33)31-16(9-27)14-10-28-11-17-13(14)6-7-29-17/h10-12,15-16,18,29H,4-8H2,1-3H3,(H,30,34)(H,31,33)(H,32,35). The zero-order valence-electron chi connectivity index (χ0n) is 19.8. The van der Waals surface area contributed by atoms with E-state index in [1.807, 2.05) is 0 Å². The van der Waals surface area contributed by atoms with Crippen LogP contribution in [0.25, 0.3) is 0 Å². The number of nitriles is 1. The lowest BCUT2D eigenvalue weighted by Crippen LogP contribution is -2.59. The summed E-state index contributed by atoms with van der Waals surface area (Å²) in [6, 6.07) is -1.59. The molecule has 0 spiro atoms. The number of pyridine rings is 1. The van der Waals surface area contributed by atoms with Gasteiger partial charge < -0.3 is 21.3 Å². The van der Waals surface area contributed by atoms with Gasteiger partial charge in [0.25, 0.3) is 0 Å². The summed E-state index contributed by atoms with van der Waals surface area (Å²) in [6.45, 7) is 5.20. The highest BCUT2D eigenvalue weighted by molar-refractivity contribution is 5.93. The molecular formula is C23H29F3N6O3. The highest BCUT2D eigenvalue weighted by Gasteiger charge is 2.44. The molecule has 35 heavy (non-hydrogen) atoms. The normalized spacial score (nSPS) is 17.7. The zero-order chi connectivity index (χ0) is 26.0. The summed E-state index contributed by atoms with van der Waals surface area (Å²) < 4.78 is 38.5. The molecule has 190 valence electrons. The molecule has 2 heterocycles. The third-order valence-electron chi connectivity index (χ3n) is 6.07. The molecule has 3 rings (SSSR count). The minimum absolute atomic E-state index is 0.177. The smallest absolute Gasteiger partial charge is 0.383 e. The Morgan fingerprint density at radius 2 is 1.83 bits per heavy atom. The fraction of sp³-hybridized carbons (Fsp3) is 0.609. The molecule has 0 bridgehead atoms. The molecule has 1 saturated carbocycles. The van der Waals surface area contributed by atoms with Crippen LogP contribution in [0, 0.1) is 22.7 Å². The number of fused-ring (bicyclic) bond motifs is 1. The van der Waals surface area contributed by atoms with Crippen molar-refractivity contribution in [2.75, 3.05) is 11.9 Å². The monoisotopic (exact) mass is 494 g/mol. The number of carbonyl (C=O) groups excluding carboxylic acids is 3. The van der Waals surface area contributed by atoms with Gasteiger partial charge in [0.15, 0.2) is 0 Å². The van der Waals surface area contributed by atoms with Gasteiger partial charge in [-0.15, -0.1) is 0 Å². The van der Waals surface area contributed by atoms with E-state index in [9.17, 15) is 32.8 Å². The Hall–Kier alpha value is -3.36. The number of aromatic nitrogens is 1. The molecule has 1 aliphatic heterocycles. The summed E-state index contributed by atoms with van der Waals surface area (Å²) in [6.07, 6.45) is 0.639. The van der Waals surface area contributed by atoms with Gasteiger partial charge in [0.2, 0.25) is 11.8 Å². The number of hydrogen-bond acceptors (Lipinski definition) is 6. The molecule has 3 atom stereocenters. The first-order chi connectivity index (χ1) is 16.3. The summed E-state index contributed by atoms with van der Waals surface area (Å²) in [7, 11) is 0. The van der Waals surface area contributed by atoms with Crippen molar-refractivity contribution in [2.45, 2.75) is 70.8 Å². The fourth-order valence-corrected chi connectivity index (χ4v) is 3.99. The summed E-state index contributed by atoms with van der Waals surface area (Å²) in [5, 5.41) is 19.8. The average Bonchev–Trinajstić information content (AvgIpc) is 3.45. The van der Waals surface area contributed by atoms with E-state index in [1.165, 1.54) is 27.0 Å². The lowest BCUT2D eigenvalue weighted by molar-refractivity contribution is -0.175. The minimum atomic E-state index is -5.16. The molecule has 3 amide bonds. The summed E-state index contributed by atoms with van der Waals surface area (Å²) in [4.78, 5) is 41.8. The van der Waals surface area contributed by atoms with Crippen LogP contribution in [0.3, 0.4) is 0 Å². The Morgan fingerprint density at radius 3 is 2.40 bits per heavy atom. The van der Waals surface area contributed by atoms with Gasteiger partial charge in [0.1, 0.15) is 18.1 Å². The van der Waals surface area contributed by atoms with Crippen LogP contribution in [-0.2, 0) is 20.8 Å². The molecular weight excluding hydrogens is 465 g/mol. The highest BCUT2D eigenvalue weighted by Crippen LogP contribution is 2.34. The van der Waals surface area contributed by atoms with Gasteiger partial charge >= 0.3 is 12.1 Å². The molecule has 3 unspecified atom stereocenters. The quantitative estimate of drug-likeness (QED) is 0.437. The maximum absolute atomic E-state index is 13.2. The third kappa shape index (κ3) is 6.61. The van der Waals surface area contributed by atoms with Crippen LogP contribution < -0.4 is 21.3 Å². The number of halogens is 3. The number of alkyl halides is 3. The second kappa shape index (κ2) is 10.1. The minimum Gasteiger partial charge on any atom is -0.383 e. The number of nitrogens with one attached hydrogen (secondary N) is 4. The van der Waals surface area contributed by atoms with Crippen molar-refractivity contribution in [2.24, 2.45) is 11.3 Å². The van der Waals surface area contributed by atoms with Gasteiger partial charge in [-0.2, -0.15) is 18.4 Å². The molecule has 0 radical (unpaired) electrons. The fourth-order valence-electron chi connectivity index (χ4n) is 3.99. The second-order valence-electron chi connectivity index (χ2n) is 10.0. The van der Waals surface area contributed by atoms with Gasteiger partial charge in [0, 0.05) is 18.3 Å². The van der Waals surface area contributed by atoms with Crippen molar-refractivity contribution in [3.05, 3.63) is 23.5 Å². The maximum Gasteiger partial charge on any atom is 0.471 e. The van der Waals surface area contributed by atoms with E-state index >= 15 is 0 Å². The van der Waals surface area contributed by atoms with Crippen molar-refractivity contribution < 1.29 is 27.6 Å². The average molecular weight is 495 g/mol. The van der Waals surface area contributed by atoms with Crippen LogP contribution in [0.5, 0.6) is 0 Å². The predicted octanol–water partition coefficient (Wildman–Crippen LogP) is 2.11. The topological polar surface area (TPSA) is 136 Å². The van der Waals surface area contributed by atoms with E-state index in [0.29, 0.717) is 18.5 Å². The Labute approximate surface area is 201 Å². The third-order valence-corrected chi connectivity index (χ3v) is 6.07. The van der Waals surface area contributed by atoms with Crippen molar-refractivity contribution in [1.29, 1.82) is 5.26 Å². The largest absolute Gasteiger partial charge is 0.471 e. The van der Waals surface area contributed by atoms with Crippen LogP contribution in [0.15, 0.2) is 12.4 Å². The van der Waals surface area contributed by atoms with Crippen LogP contribution in [0.2, 0.25) is 0 Å². The molecule has 1 aromatic rings. The molecule has 1 aliphatic carbocycles. The number of rotatable bonds is 8. The zero-order valence-corrected chi connectivity index (χ0v) is 19.8. The molecule has 0 saturated heterocycles. The van der Waals surface area contributed by atoms with Crippen LogP contribution >= 0.6 is 0 Å². The summed E-state index contributed by atoms with van der Waals surface area (Å²) in [5.41, 5.74) is 1.14. The van der Waals surface area contributed by atoms with Gasteiger partial charge in [-0.25, -0.2) is 0 Å². The van der Waals surface area contributed by atoms with Crippen molar-refractivity contribution in [3.63, 3.8) is 0 Å². The van der Waals surface area contributed by atoms with E-state index in [2.05, 4.69) is 27.0 Å². The molecule has 9 nitrogen and oxygen atoms in total. The van der Waals surface area contributed by atoms with Crippen molar-refractivity contribution >= 4 is 23.4 Å². The first-order valence-electron chi connectivity index (χ1n) is 11.4. The number of anilines is 1. The SMILES string of the molecule is CC(C)(C)C(NC(=O)C(F)(F)F)C(=O)NC(CC1CC1)C(=O)NC(C#N)c1cncc2c1CCN2. The first kappa shape index (κ1) is 26.2. The molecule has 0 aromatic carbocycles. The molecule has 1 fully saturated rings. The summed E-state index contributed by atoms with van der Waals surface area (Å²) in [5.74, 6) is -3.60. The Morgan fingerprint density at radius 1 is 1.14 bits per heavy atom. The van der Waals surface area contributed by atoms with Gasteiger partial charge in [0.05, 0.1) is 18.0 Å². The summed E-state index contributed by atoms with van der Waals surface area (Å²) >= 11 is 0. The number of amides is 3. The van der Waals surface area contributed by atoms with E-state index in [1.54, 1.807) is 11.5 Å². The Balaban J connectivity index is 1.77. The van der Waals surface area contributed by atoms with E-state index in [0.717, 1.165) is 24.1 Å². The molecule has 1 aromatic heterocycles. The van der Waals surface area contributed by atoms with E-state index in [-0.39, 0.29) is 12.3 Å². The Bertz CT molecular complexity index is 1030.